The molecule has 0 saturated carbocycles. The van der Waals surface area contributed by atoms with Crippen molar-refractivity contribution in [2.75, 3.05) is 11.1 Å². The molecule has 0 aliphatic rings. The third kappa shape index (κ3) is 3.23. The van der Waals surface area contributed by atoms with Crippen LogP contribution in [-0.4, -0.2) is 15.0 Å². The molecule has 2 rings (SSSR count). The molecule has 2 aromatic rings. The summed E-state index contributed by atoms with van der Waals surface area (Å²) in [6.45, 7) is 0. The molecule has 0 unspecified atom stereocenters. The van der Waals surface area contributed by atoms with Gasteiger partial charge in [0.15, 0.2) is 0 Å². The van der Waals surface area contributed by atoms with E-state index >= 15 is 0 Å². The molecule has 0 radical (unpaired) electrons. The number of nitrogens with one attached hydrogen (secondary N) is 1. The minimum absolute atomic E-state index is 0.250. The maximum Gasteiger partial charge on any atom is 0.416 e. The van der Waals surface area contributed by atoms with E-state index in [1.54, 1.807) is 0 Å². The normalized spacial score (nSPS) is 11.4. The van der Waals surface area contributed by atoms with E-state index in [0.29, 0.717) is 18.2 Å². The highest BCUT2D eigenvalue weighted by molar-refractivity contribution is 6.28. The second-order valence-corrected chi connectivity index (χ2v) is 3.94. The van der Waals surface area contributed by atoms with Gasteiger partial charge in [0.1, 0.15) is 5.82 Å². The number of aromatic nitrogens is 3. The minimum atomic E-state index is -4.60. The highest BCUT2D eigenvalue weighted by atomic mass is 35.5. The summed E-state index contributed by atoms with van der Waals surface area (Å²) >= 11 is 5.50. The van der Waals surface area contributed by atoms with Crippen LogP contribution in [-0.2, 0) is 6.18 Å². The van der Waals surface area contributed by atoms with Gasteiger partial charge in [0.05, 0.1) is 11.3 Å². The molecule has 0 atom stereocenters. The lowest BCUT2D eigenvalue weighted by molar-refractivity contribution is -0.137. The second-order valence-electron chi connectivity index (χ2n) is 3.60. The predicted molar refractivity (Wildman–Crippen MR) is 63.9 cm³/mol. The standard InChI is InChI=1S/C10H6ClF4N5/c11-7-18-8(16)20-9(19-7)17-6-3-4(10(13,14)15)1-2-5(6)12/h1-3H,(H3,16,17,18,19,20). The summed E-state index contributed by atoms with van der Waals surface area (Å²) in [5, 5.41) is 1.99. The second kappa shape index (κ2) is 5.08. The SMILES string of the molecule is Nc1nc(Cl)nc(Nc2cc(C(F)(F)F)ccc2F)n1. The Morgan fingerprint density at radius 2 is 1.85 bits per heavy atom. The Hall–Kier alpha value is -2.16. The number of benzene rings is 1. The number of alkyl halides is 3. The van der Waals surface area contributed by atoms with E-state index < -0.39 is 23.2 Å². The van der Waals surface area contributed by atoms with Gasteiger partial charge in [-0.3, -0.25) is 0 Å². The third-order valence-electron chi connectivity index (χ3n) is 2.17. The van der Waals surface area contributed by atoms with Gasteiger partial charge in [0, 0.05) is 0 Å². The van der Waals surface area contributed by atoms with Gasteiger partial charge in [-0.05, 0) is 29.8 Å². The van der Waals surface area contributed by atoms with E-state index in [4.69, 9.17) is 17.3 Å². The van der Waals surface area contributed by atoms with Crippen molar-refractivity contribution in [2.45, 2.75) is 6.18 Å². The first-order chi connectivity index (χ1) is 9.25. The molecule has 0 aliphatic carbocycles. The zero-order valence-electron chi connectivity index (χ0n) is 9.54. The Morgan fingerprint density at radius 1 is 1.15 bits per heavy atom. The maximum atomic E-state index is 13.5. The molecule has 0 spiro atoms. The number of hydrogen-bond acceptors (Lipinski definition) is 5. The third-order valence-corrected chi connectivity index (χ3v) is 2.33. The molecule has 0 amide bonds. The monoisotopic (exact) mass is 307 g/mol. The van der Waals surface area contributed by atoms with Crippen LogP contribution in [0.25, 0.3) is 0 Å². The minimum Gasteiger partial charge on any atom is -0.368 e. The van der Waals surface area contributed by atoms with Gasteiger partial charge in [-0.25, -0.2) is 4.39 Å². The maximum absolute atomic E-state index is 13.5. The lowest BCUT2D eigenvalue weighted by Crippen LogP contribution is -2.08. The van der Waals surface area contributed by atoms with E-state index in [9.17, 15) is 17.6 Å². The number of nitrogens with zero attached hydrogens (tertiary/aromatic N) is 3. The Morgan fingerprint density at radius 3 is 2.45 bits per heavy atom. The Kier molecular flexibility index (Phi) is 3.62. The average molecular weight is 308 g/mol. The molecule has 1 aromatic heterocycles. The zero-order valence-corrected chi connectivity index (χ0v) is 10.3. The first-order valence-electron chi connectivity index (χ1n) is 5.06. The quantitative estimate of drug-likeness (QED) is 0.834. The van der Waals surface area contributed by atoms with Crippen LogP contribution in [0.5, 0.6) is 0 Å². The van der Waals surface area contributed by atoms with Crippen LogP contribution in [0.1, 0.15) is 5.56 Å². The average Bonchev–Trinajstić information content (AvgIpc) is 2.29. The van der Waals surface area contributed by atoms with Crippen LogP contribution in [0.4, 0.5) is 35.1 Å². The number of halogens is 5. The molecule has 0 fully saturated rings. The van der Waals surface area contributed by atoms with Gasteiger partial charge < -0.3 is 11.1 Å². The largest absolute Gasteiger partial charge is 0.416 e. The molecule has 20 heavy (non-hydrogen) atoms. The highest BCUT2D eigenvalue weighted by Gasteiger charge is 2.31. The van der Waals surface area contributed by atoms with Gasteiger partial charge >= 0.3 is 6.18 Å². The fourth-order valence-electron chi connectivity index (χ4n) is 1.34. The van der Waals surface area contributed by atoms with Crippen molar-refractivity contribution >= 4 is 29.2 Å². The summed E-state index contributed by atoms with van der Waals surface area (Å²) in [5.74, 6) is -1.42. The number of hydrogen-bond donors (Lipinski definition) is 2. The molecule has 0 saturated heterocycles. The van der Waals surface area contributed by atoms with Crippen molar-refractivity contribution < 1.29 is 17.6 Å². The first kappa shape index (κ1) is 14.3. The summed E-state index contributed by atoms with van der Waals surface area (Å²) in [6, 6.07) is 1.88. The Labute approximate surface area is 114 Å². The fourth-order valence-corrected chi connectivity index (χ4v) is 1.51. The highest BCUT2D eigenvalue weighted by Crippen LogP contribution is 2.32. The molecule has 1 heterocycles. The summed E-state index contributed by atoms with van der Waals surface area (Å²) < 4.78 is 51.1. The molecule has 0 bridgehead atoms. The lowest BCUT2D eigenvalue weighted by Gasteiger charge is -2.10. The number of nitrogens with two attached hydrogens (primary N) is 1. The first-order valence-corrected chi connectivity index (χ1v) is 5.44. The smallest absolute Gasteiger partial charge is 0.368 e. The molecule has 10 heteroatoms. The van der Waals surface area contributed by atoms with Crippen molar-refractivity contribution in [3.05, 3.63) is 34.9 Å². The van der Waals surface area contributed by atoms with Crippen LogP contribution < -0.4 is 11.1 Å². The Balaban J connectivity index is 2.37. The summed E-state index contributed by atoms with van der Waals surface area (Å²) in [6.07, 6.45) is -4.60. The van der Waals surface area contributed by atoms with E-state index in [0.717, 1.165) is 0 Å². The lowest BCUT2D eigenvalue weighted by atomic mass is 10.2. The van der Waals surface area contributed by atoms with Crippen LogP contribution >= 0.6 is 11.6 Å². The molecule has 1 aromatic carbocycles. The number of rotatable bonds is 2. The van der Waals surface area contributed by atoms with Gasteiger partial charge in [-0.15, -0.1) is 0 Å². The van der Waals surface area contributed by atoms with E-state index in [1.165, 1.54) is 0 Å². The topological polar surface area (TPSA) is 76.7 Å². The van der Waals surface area contributed by atoms with Crippen LogP contribution in [0, 0.1) is 5.82 Å². The number of anilines is 3. The van der Waals surface area contributed by atoms with Crippen LogP contribution in [0.15, 0.2) is 18.2 Å². The van der Waals surface area contributed by atoms with Gasteiger partial charge in [-0.1, -0.05) is 0 Å². The van der Waals surface area contributed by atoms with Gasteiger partial charge in [0.25, 0.3) is 0 Å². The van der Waals surface area contributed by atoms with E-state index in [1.807, 2.05) is 0 Å². The van der Waals surface area contributed by atoms with Crippen molar-refractivity contribution in [3.63, 3.8) is 0 Å². The molecule has 3 N–H and O–H groups in total. The number of nitrogen functional groups attached to an aromatic ring is 1. The molecule has 0 aliphatic heterocycles. The van der Waals surface area contributed by atoms with E-state index in [-0.39, 0.29) is 17.2 Å². The van der Waals surface area contributed by atoms with Crippen LogP contribution in [0.3, 0.4) is 0 Å². The fraction of sp³-hybridized carbons (Fsp3) is 0.100. The molecule has 106 valence electrons. The van der Waals surface area contributed by atoms with Crippen molar-refractivity contribution in [3.8, 4) is 0 Å². The molecular formula is C10H6ClF4N5. The Bertz CT molecular complexity index is 626. The van der Waals surface area contributed by atoms with Crippen molar-refractivity contribution in [1.29, 1.82) is 0 Å². The van der Waals surface area contributed by atoms with Crippen molar-refractivity contribution in [2.24, 2.45) is 0 Å². The summed E-state index contributed by atoms with van der Waals surface area (Å²) in [7, 11) is 0. The van der Waals surface area contributed by atoms with Crippen LogP contribution in [0.2, 0.25) is 5.28 Å². The molecule has 5 nitrogen and oxygen atoms in total. The summed E-state index contributed by atoms with van der Waals surface area (Å²) in [5.41, 5.74) is 3.81. The zero-order chi connectivity index (χ0) is 14.9. The van der Waals surface area contributed by atoms with E-state index in [2.05, 4.69) is 20.3 Å². The predicted octanol–water partition coefficient (Wildman–Crippen LogP) is 3.01. The van der Waals surface area contributed by atoms with Crippen molar-refractivity contribution in [1.82, 2.24) is 15.0 Å². The van der Waals surface area contributed by atoms with Gasteiger partial charge in [0.2, 0.25) is 17.2 Å². The van der Waals surface area contributed by atoms with Gasteiger partial charge in [-0.2, -0.15) is 28.1 Å². The summed E-state index contributed by atoms with van der Waals surface area (Å²) in [4.78, 5) is 10.6. The molecular weight excluding hydrogens is 302 g/mol.